The molecule has 0 aliphatic heterocycles. The smallest absolute Gasteiger partial charge is 0.0640 e. The summed E-state index contributed by atoms with van der Waals surface area (Å²) in [5.41, 5.74) is 13.2. The highest BCUT2D eigenvalue weighted by atomic mass is 32.1. The van der Waals surface area contributed by atoms with Crippen molar-refractivity contribution < 1.29 is 0 Å². The molecule has 10 rings (SSSR count). The summed E-state index contributed by atoms with van der Waals surface area (Å²) < 4.78 is 2.58. The van der Waals surface area contributed by atoms with Gasteiger partial charge in [-0.05, 0) is 91.7 Å². The van der Waals surface area contributed by atoms with Crippen molar-refractivity contribution >= 4 is 59.3 Å². The predicted octanol–water partition coefficient (Wildman–Crippen LogP) is 15.3. The SMILES string of the molecule is c1ccc(-c2ccc(-c3ccc(N(c4ccc(-c5ccc6ccccc6c5-c5ccccc5)cc4)c4cccc5c4sc4ccccc45)cc3)cc2)cc1. The van der Waals surface area contributed by atoms with Crippen LogP contribution in [-0.4, -0.2) is 0 Å². The van der Waals surface area contributed by atoms with E-state index in [2.05, 4.69) is 217 Å². The van der Waals surface area contributed by atoms with Gasteiger partial charge in [-0.15, -0.1) is 11.3 Å². The maximum absolute atomic E-state index is 2.42. The topological polar surface area (TPSA) is 3.24 Å². The molecule has 0 radical (unpaired) electrons. The van der Waals surface area contributed by atoms with Gasteiger partial charge >= 0.3 is 0 Å². The lowest BCUT2D eigenvalue weighted by Crippen LogP contribution is -2.10. The van der Waals surface area contributed by atoms with Gasteiger partial charge in [-0.1, -0.05) is 176 Å². The van der Waals surface area contributed by atoms with Gasteiger partial charge in [0.15, 0.2) is 0 Å². The maximum atomic E-state index is 2.42. The van der Waals surface area contributed by atoms with E-state index in [1.165, 1.54) is 81.1 Å². The van der Waals surface area contributed by atoms with Gasteiger partial charge in [-0.3, -0.25) is 0 Å². The summed E-state index contributed by atoms with van der Waals surface area (Å²) in [6.45, 7) is 0. The van der Waals surface area contributed by atoms with Crippen molar-refractivity contribution in [2.24, 2.45) is 0 Å². The summed E-state index contributed by atoms with van der Waals surface area (Å²) in [6, 6.07) is 77.0. The predicted molar refractivity (Wildman–Crippen MR) is 233 cm³/mol. The number of anilines is 3. The van der Waals surface area contributed by atoms with Crippen LogP contribution in [0.4, 0.5) is 17.1 Å². The Morgan fingerprint density at radius 1 is 0.315 bits per heavy atom. The van der Waals surface area contributed by atoms with Crippen LogP contribution in [-0.2, 0) is 0 Å². The van der Waals surface area contributed by atoms with Gasteiger partial charge < -0.3 is 4.90 Å². The summed E-state index contributed by atoms with van der Waals surface area (Å²) in [4.78, 5) is 2.42. The van der Waals surface area contributed by atoms with Gasteiger partial charge in [-0.2, -0.15) is 0 Å². The van der Waals surface area contributed by atoms with Crippen molar-refractivity contribution in [3.63, 3.8) is 0 Å². The molecule has 9 aromatic carbocycles. The van der Waals surface area contributed by atoms with Gasteiger partial charge in [0.25, 0.3) is 0 Å². The molecule has 0 atom stereocenters. The van der Waals surface area contributed by atoms with Crippen molar-refractivity contribution in [1.29, 1.82) is 0 Å². The first-order valence-corrected chi connectivity index (χ1v) is 19.2. The van der Waals surface area contributed by atoms with Crippen LogP contribution in [0.3, 0.4) is 0 Å². The molecule has 0 amide bonds. The van der Waals surface area contributed by atoms with Crippen LogP contribution < -0.4 is 4.90 Å². The lowest BCUT2D eigenvalue weighted by Gasteiger charge is -2.26. The van der Waals surface area contributed by atoms with Gasteiger partial charge in [0.2, 0.25) is 0 Å². The second-order valence-electron chi connectivity index (χ2n) is 13.7. The van der Waals surface area contributed by atoms with Crippen LogP contribution in [0.15, 0.2) is 212 Å². The Morgan fingerprint density at radius 2 is 0.815 bits per heavy atom. The van der Waals surface area contributed by atoms with Gasteiger partial charge in [0.05, 0.1) is 10.4 Å². The standard InChI is InChI=1S/C52H35NS/c1-3-12-36(13-4-1)37-22-24-38(25-23-37)39-26-31-43(32-27-39)53(49-20-11-19-48-47-18-9-10-21-50(47)54-52(48)49)44-33-28-41(29-34-44)46-35-30-40-14-7-8-17-45(40)51(46)42-15-5-2-6-16-42/h1-35H. The molecule has 54 heavy (non-hydrogen) atoms. The lowest BCUT2D eigenvalue weighted by atomic mass is 9.90. The Kier molecular flexibility index (Phi) is 8.09. The second kappa shape index (κ2) is 13.7. The Balaban J connectivity index is 1.08. The summed E-state index contributed by atoms with van der Waals surface area (Å²) in [6.07, 6.45) is 0. The average molecular weight is 706 g/mol. The van der Waals surface area contributed by atoms with Crippen molar-refractivity contribution in [3.8, 4) is 44.5 Å². The zero-order valence-electron chi connectivity index (χ0n) is 29.6. The molecule has 0 spiro atoms. The fourth-order valence-electron chi connectivity index (χ4n) is 7.84. The van der Waals surface area contributed by atoms with E-state index in [0.717, 1.165) is 11.4 Å². The van der Waals surface area contributed by atoms with Crippen LogP contribution in [0.2, 0.25) is 0 Å². The highest BCUT2D eigenvalue weighted by molar-refractivity contribution is 7.26. The third-order valence-corrected chi connectivity index (χ3v) is 11.7. The fourth-order valence-corrected chi connectivity index (χ4v) is 9.05. The molecule has 0 saturated heterocycles. The Morgan fingerprint density at radius 3 is 1.48 bits per heavy atom. The summed E-state index contributed by atoms with van der Waals surface area (Å²) >= 11 is 1.86. The number of rotatable bonds is 7. The molecular weight excluding hydrogens is 671 g/mol. The van der Waals surface area contributed by atoms with E-state index >= 15 is 0 Å². The van der Waals surface area contributed by atoms with Gasteiger partial charge in [0, 0.05) is 26.8 Å². The second-order valence-corrected chi connectivity index (χ2v) is 14.8. The number of fused-ring (bicyclic) bond motifs is 4. The van der Waals surface area contributed by atoms with Crippen LogP contribution in [0.1, 0.15) is 0 Å². The quantitative estimate of drug-likeness (QED) is 0.160. The van der Waals surface area contributed by atoms with E-state index < -0.39 is 0 Å². The molecular formula is C52H35NS. The summed E-state index contributed by atoms with van der Waals surface area (Å²) in [5, 5.41) is 5.09. The Hall–Kier alpha value is -6.74. The van der Waals surface area contributed by atoms with E-state index in [0.29, 0.717) is 0 Å². The lowest BCUT2D eigenvalue weighted by molar-refractivity contribution is 1.30. The molecule has 1 aromatic heterocycles. The Bertz CT molecular complexity index is 2890. The first kappa shape index (κ1) is 32.0. The van der Waals surface area contributed by atoms with Crippen molar-refractivity contribution in [1.82, 2.24) is 0 Å². The third-order valence-electron chi connectivity index (χ3n) is 10.5. The third kappa shape index (κ3) is 5.74. The minimum absolute atomic E-state index is 1.12. The summed E-state index contributed by atoms with van der Waals surface area (Å²) in [7, 11) is 0. The normalized spacial score (nSPS) is 11.3. The van der Waals surface area contributed by atoms with E-state index in [4.69, 9.17) is 0 Å². The first-order valence-electron chi connectivity index (χ1n) is 18.4. The molecule has 254 valence electrons. The average Bonchev–Trinajstić information content (AvgIpc) is 3.64. The molecule has 2 heteroatoms. The molecule has 0 aliphatic carbocycles. The van der Waals surface area contributed by atoms with E-state index in [9.17, 15) is 0 Å². The summed E-state index contributed by atoms with van der Waals surface area (Å²) in [5.74, 6) is 0. The molecule has 1 nitrogen and oxygen atoms in total. The number of hydrogen-bond acceptors (Lipinski definition) is 2. The molecule has 0 aliphatic rings. The maximum Gasteiger partial charge on any atom is 0.0640 e. The molecule has 0 fully saturated rings. The van der Waals surface area contributed by atoms with Crippen molar-refractivity contribution in [2.45, 2.75) is 0 Å². The molecule has 10 aromatic rings. The van der Waals surface area contributed by atoms with Crippen LogP contribution in [0, 0.1) is 0 Å². The minimum Gasteiger partial charge on any atom is -0.309 e. The van der Waals surface area contributed by atoms with E-state index in [1.54, 1.807) is 0 Å². The number of benzene rings is 9. The van der Waals surface area contributed by atoms with E-state index in [1.807, 2.05) is 11.3 Å². The molecule has 0 bridgehead atoms. The zero-order valence-corrected chi connectivity index (χ0v) is 30.4. The highest BCUT2D eigenvalue weighted by Crippen LogP contribution is 2.46. The monoisotopic (exact) mass is 705 g/mol. The molecule has 0 N–H and O–H groups in total. The van der Waals surface area contributed by atoms with Crippen molar-refractivity contribution in [2.75, 3.05) is 4.90 Å². The zero-order chi connectivity index (χ0) is 35.8. The number of nitrogens with zero attached hydrogens (tertiary/aromatic N) is 1. The number of thiophene rings is 1. The van der Waals surface area contributed by atoms with E-state index in [-0.39, 0.29) is 0 Å². The first-order chi connectivity index (χ1) is 26.8. The Labute approximate surface area is 319 Å². The van der Waals surface area contributed by atoms with Gasteiger partial charge in [-0.25, -0.2) is 0 Å². The molecule has 0 saturated carbocycles. The minimum atomic E-state index is 1.12. The van der Waals surface area contributed by atoms with Crippen LogP contribution in [0.5, 0.6) is 0 Å². The number of hydrogen-bond donors (Lipinski definition) is 0. The van der Waals surface area contributed by atoms with Crippen molar-refractivity contribution in [3.05, 3.63) is 212 Å². The molecule has 0 unspecified atom stereocenters. The van der Waals surface area contributed by atoms with Crippen LogP contribution in [0.25, 0.3) is 75.5 Å². The van der Waals surface area contributed by atoms with Gasteiger partial charge in [0.1, 0.15) is 0 Å². The largest absolute Gasteiger partial charge is 0.309 e. The van der Waals surface area contributed by atoms with Crippen LogP contribution >= 0.6 is 11.3 Å². The fraction of sp³-hybridized carbons (Fsp3) is 0. The highest BCUT2D eigenvalue weighted by Gasteiger charge is 2.19. The molecule has 1 heterocycles.